The molecule has 3 aromatic rings. The van der Waals surface area contributed by atoms with Crippen molar-refractivity contribution in [2.45, 2.75) is 96.8 Å². The van der Waals surface area contributed by atoms with E-state index in [0.29, 0.717) is 12.4 Å². The molecule has 0 aliphatic rings. The highest BCUT2D eigenvalue weighted by Crippen LogP contribution is 2.38. The Morgan fingerprint density at radius 1 is 0.711 bits per heavy atom. The molecule has 2 aromatic carbocycles. The molecular weight excluding hydrogens is 484 g/mol. The van der Waals surface area contributed by atoms with Crippen LogP contribution in [0.15, 0.2) is 39.5 Å². The number of benzene rings is 2. The van der Waals surface area contributed by atoms with Gasteiger partial charge in [0.05, 0.1) is 6.61 Å². The lowest BCUT2D eigenvalue weighted by atomic mass is 10.0. The molecular formula is C31H42O7. The third-order valence-corrected chi connectivity index (χ3v) is 6.91. The van der Waals surface area contributed by atoms with Gasteiger partial charge in [-0.1, -0.05) is 90.4 Å². The molecule has 0 bridgehead atoms. The first-order valence-corrected chi connectivity index (χ1v) is 14.1. The normalized spacial score (nSPS) is 11.3. The zero-order chi connectivity index (χ0) is 27.3. The van der Waals surface area contributed by atoms with Crippen LogP contribution in [0.5, 0.6) is 28.7 Å². The van der Waals surface area contributed by atoms with Crippen molar-refractivity contribution < 1.29 is 29.6 Å². The minimum atomic E-state index is -0.837. The highest BCUT2D eigenvalue weighted by molar-refractivity contribution is 5.88. The molecule has 0 atom stereocenters. The van der Waals surface area contributed by atoms with E-state index < -0.39 is 16.9 Å². The van der Waals surface area contributed by atoms with Gasteiger partial charge in [0.25, 0.3) is 0 Å². The molecule has 7 nitrogen and oxygen atoms in total. The van der Waals surface area contributed by atoms with E-state index in [0.717, 1.165) is 18.9 Å². The summed E-state index contributed by atoms with van der Waals surface area (Å²) in [4.78, 5) is 12.5. The molecule has 208 valence electrons. The molecule has 0 radical (unpaired) electrons. The average Bonchev–Trinajstić information content (AvgIpc) is 2.88. The van der Waals surface area contributed by atoms with E-state index in [4.69, 9.17) is 9.15 Å². The smallest absolute Gasteiger partial charge is 0.238 e. The van der Waals surface area contributed by atoms with Gasteiger partial charge in [-0.3, -0.25) is 4.79 Å². The van der Waals surface area contributed by atoms with E-state index in [2.05, 4.69) is 6.92 Å². The summed E-state index contributed by atoms with van der Waals surface area (Å²) in [5.74, 6) is -1.50. The van der Waals surface area contributed by atoms with Crippen LogP contribution in [0, 0.1) is 0 Å². The Morgan fingerprint density at radius 2 is 1.29 bits per heavy atom. The lowest BCUT2D eigenvalue weighted by Gasteiger charge is -2.11. The second kappa shape index (κ2) is 15.2. The monoisotopic (exact) mass is 526 g/mol. The van der Waals surface area contributed by atoms with Gasteiger partial charge >= 0.3 is 0 Å². The zero-order valence-corrected chi connectivity index (χ0v) is 22.5. The fourth-order valence-electron chi connectivity index (χ4n) is 4.73. The summed E-state index contributed by atoms with van der Waals surface area (Å²) in [5.41, 5.74) is -0.667. The molecule has 0 amide bonds. The Balaban J connectivity index is 1.38. The Labute approximate surface area is 224 Å². The highest BCUT2D eigenvalue weighted by atomic mass is 16.5. The minimum absolute atomic E-state index is 0.0853. The molecule has 3 rings (SSSR count). The second-order valence-corrected chi connectivity index (χ2v) is 10.1. The van der Waals surface area contributed by atoms with Crippen LogP contribution in [0.1, 0.15) is 96.8 Å². The maximum absolute atomic E-state index is 12.5. The first-order valence-electron chi connectivity index (χ1n) is 14.1. The highest BCUT2D eigenvalue weighted by Gasteiger charge is 2.19. The Bertz CT molecular complexity index is 1220. The maximum Gasteiger partial charge on any atom is 0.238 e. The van der Waals surface area contributed by atoms with Crippen LogP contribution in [0.4, 0.5) is 0 Å². The fourth-order valence-corrected chi connectivity index (χ4v) is 4.73. The number of ether oxygens (including phenoxy) is 1. The van der Waals surface area contributed by atoms with Crippen LogP contribution < -0.4 is 10.2 Å². The topological polar surface area (TPSA) is 120 Å². The van der Waals surface area contributed by atoms with E-state index >= 15 is 0 Å². The lowest BCUT2D eigenvalue weighted by Crippen LogP contribution is -2.03. The van der Waals surface area contributed by atoms with Gasteiger partial charge in [-0.15, -0.1) is 0 Å². The maximum atomic E-state index is 12.5. The summed E-state index contributed by atoms with van der Waals surface area (Å²) in [6.45, 7) is 2.74. The van der Waals surface area contributed by atoms with E-state index in [9.17, 15) is 25.2 Å². The van der Waals surface area contributed by atoms with E-state index in [1.165, 1.54) is 89.2 Å². The van der Waals surface area contributed by atoms with E-state index in [-0.39, 0.29) is 33.8 Å². The van der Waals surface area contributed by atoms with Crippen molar-refractivity contribution in [2.75, 3.05) is 6.61 Å². The summed E-state index contributed by atoms with van der Waals surface area (Å²) in [6.07, 6.45) is 17.9. The number of rotatable bonds is 17. The minimum Gasteiger partial charge on any atom is -0.508 e. The molecule has 4 N–H and O–H groups in total. The molecule has 0 aliphatic heterocycles. The SMILES string of the molecule is CCCCCCCCCCCCCCCCOc1ccc(-c2oc3cc(O)cc(O)c3c(=O)c2O)cc1O. The van der Waals surface area contributed by atoms with Crippen molar-refractivity contribution in [3.8, 4) is 40.1 Å². The van der Waals surface area contributed by atoms with Crippen LogP contribution >= 0.6 is 0 Å². The first-order chi connectivity index (χ1) is 18.4. The fraction of sp³-hybridized carbons (Fsp3) is 0.516. The van der Waals surface area contributed by atoms with Gasteiger partial charge in [-0.05, 0) is 24.6 Å². The third-order valence-electron chi connectivity index (χ3n) is 6.91. The number of hydrogen-bond acceptors (Lipinski definition) is 7. The molecule has 0 saturated carbocycles. The molecule has 0 saturated heterocycles. The van der Waals surface area contributed by atoms with E-state index in [1.54, 1.807) is 12.1 Å². The largest absolute Gasteiger partial charge is 0.508 e. The molecule has 1 heterocycles. The Kier molecular flexibility index (Phi) is 11.7. The number of hydrogen-bond donors (Lipinski definition) is 4. The molecule has 38 heavy (non-hydrogen) atoms. The van der Waals surface area contributed by atoms with Gasteiger partial charge in [0, 0.05) is 17.7 Å². The third kappa shape index (κ3) is 8.33. The molecule has 0 fully saturated rings. The number of fused-ring (bicyclic) bond motifs is 1. The predicted molar refractivity (Wildman–Crippen MR) is 150 cm³/mol. The molecule has 0 spiro atoms. The predicted octanol–water partition coefficient (Wildman–Crippen LogP) is 8.14. The van der Waals surface area contributed by atoms with Crippen molar-refractivity contribution in [1.82, 2.24) is 0 Å². The van der Waals surface area contributed by atoms with Crippen LogP contribution in [0.2, 0.25) is 0 Å². The van der Waals surface area contributed by atoms with Crippen LogP contribution in [-0.2, 0) is 0 Å². The van der Waals surface area contributed by atoms with Gasteiger partial charge in [-0.25, -0.2) is 0 Å². The Morgan fingerprint density at radius 3 is 1.87 bits per heavy atom. The number of phenols is 3. The van der Waals surface area contributed by atoms with Crippen molar-refractivity contribution in [2.24, 2.45) is 0 Å². The van der Waals surface area contributed by atoms with Crippen molar-refractivity contribution in [1.29, 1.82) is 0 Å². The van der Waals surface area contributed by atoms with Gasteiger partial charge in [0.15, 0.2) is 17.3 Å². The molecule has 0 aliphatic carbocycles. The number of phenolic OH excluding ortho intramolecular Hbond substituents is 3. The van der Waals surface area contributed by atoms with Crippen LogP contribution in [-0.4, -0.2) is 27.0 Å². The standard InChI is InChI=1S/C31H42O7/c1-2-3-4-5-6-7-8-9-10-11-12-13-14-15-18-37-26-17-16-22(19-24(26)33)31-30(36)29(35)28-25(34)20-23(32)21-27(28)38-31/h16-17,19-21,32-34,36H,2-15,18H2,1H3. The Hall–Kier alpha value is -3.35. The van der Waals surface area contributed by atoms with Crippen LogP contribution in [0.3, 0.4) is 0 Å². The number of unbranched alkanes of at least 4 members (excludes halogenated alkanes) is 13. The summed E-state index contributed by atoms with van der Waals surface area (Å²) >= 11 is 0. The van der Waals surface area contributed by atoms with Gasteiger partial charge in [0.1, 0.15) is 22.5 Å². The van der Waals surface area contributed by atoms with Crippen molar-refractivity contribution >= 4 is 11.0 Å². The average molecular weight is 527 g/mol. The van der Waals surface area contributed by atoms with Crippen molar-refractivity contribution in [3.05, 3.63) is 40.6 Å². The van der Waals surface area contributed by atoms with Gasteiger partial charge in [-0.2, -0.15) is 0 Å². The summed E-state index contributed by atoms with van der Waals surface area (Å²) in [5, 5.41) is 40.2. The zero-order valence-electron chi connectivity index (χ0n) is 22.5. The lowest BCUT2D eigenvalue weighted by molar-refractivity contribution is 0.289. The number of aromatic hydroxyl groups is 4. The molecule has 1 aromatic heterocycles. The second-order valence-electron chi connectivity index (χ2n) is 10.1. The van der Waals surface area contributed by atoms with Gasteiger partial charge < -0.3 is 29.6 Å². The quantitative estimate of drug-likeness (QED) is 0.131. The van der Waals surface area contributed by atoms with Crippen molar-refractivity contribution in [3.63, 3.8) is 0 Å². The van der Waals surface area contributed by atoms with Gasteiger partial charge in [0.2, 0.25) is 11.2 Å². The first kappa shape index (κ1) is 29.2. The summed E-state index contributed by atoms with van der Waals surface area (Å²) < 4.78 is 11.3. The molecule has 7 heteroatoms. The summed E-state index contributed by atoms with van der Waals surface area (Å²) in [6, 6.07) is 6.62. The summed E-state index contributed by atoms with van der Waals surface area (Å²) in [7, 11) is 0. The van der Waals surface area contributed by atoms with E-state index in [1.807, 2.05) is 0 Å². The molecule has 0 unspecified atom stereocenters. The van der Waals surface area contributed by atoms with Crippen LogP contribution in [0.25, 0.3) is 22.3 Å².